The zero-order chi connectivity index (χ0) is 13.5. The Morgan fingerprint density at radius 3 is 2.79 bits per heavy atom. The van der Waals surface area contributed by atoms with Crippen LogP contribution in [0.5, 0.6) is 5.88 Å². The molecule has 1 atom stereocenters. The predicted octanol–water partition coefficient (Wildman–Crippen LogP) is 2.36. The lowest BCUT2D eigenvalue weighted by molar-refractivity contribution is 0.387. The van der Waals surface area contributed by atoms with E-state index in [0.29, 0.717) is 5.88 Å². The molecule has 0 bridgehead atoms. The highest BCUT2D eigenvalue weighted by Gasteiger charge is 2.15. The number of methoxy groups -OCH3 is 1. The Hall–Kier alpha value is -1.88. The molecule has 0 saturated heterocycles. The summed E-state index contributed by atoms with van der Waals surface area (Å²) in [4.78, 5) is 0. The van der Waals surface area contributed by atoms with Gasteiger partial charge in [-0.25, -0.2) is 0 Å². The molecule has 0 aliphatic carbocycles. The summed E-state index contributed by atoms with van der Waals surface area (Å²) >= 11 is 0. The van der Waals surface area contributed by atoms with Crippen LogP contribution in [0.15, 0.2) is 34.9 Å². The Morgan fingerprint density at radius 1 is 1.32 bits per heavy atom. The molecule has 1 N–H and O–H groups in total. The largest absolute Gasteiger partial charge is 0.480 e. The fraction of sp³-hybridized carbons (Fsp3) is 0.429. The summed E-state index contributed by atoms with van der Waals surface area (Å²) in [6.07, 6.45) is 3.51. The lowest BCUT2D eigenvalue weighted by atomic mass is 10.1. The SMILES string of the molecule is CCCNC(Cc1ccco1)c1ccc(OC)nn1. The smallest absolute Gasteiger partial charge is 0.233 e. The van der Waals surface area contributed by atoms with Gasteiger partial charge in [0.2, 0.25) is 5.88 Å². The van der Waals surface area contributed by atoms with E-state index in [0.717, 1.165) is 30.8 Å². The number of hydrogen-bond acceptors (Lipinski definition) is 5. The molecule has 0 saturated carbocycles. The first kappa shape index (κ1) is 13.5. The molecule has 2 aromatic heterocycles. The summed E-state index contributed by atoms with van der Waals surface area (Å²) in [7, 11) is 1.58. The number of nitrogens with zero attached hydrogens (tertiary/aromatic N) is 2. The summed E-state index contributed by atoms with van der Waals surface area (Å²) < 4.78 is 10.4. The molecule has 0 fully saturated rings. The Bertz CT molecular complexity index is 468. The Morgan fingerprint density at radius 2 is 2.21 bits per heavy atom. The van der Waals surface area contributed by atoms with Crippen molar-refractivity contribution in [1.29, 1.82) is 0 Å². The van der Waals surface area contributed by atoms with Gasteiger partial charge in [0.1, 0.15) is 5.76 Å². The van der Waals surface area contributed by atoms with Crippen molar-refractivity contribution in [2.75, 3.05) is 13.7 Å². The van der Waals surface area contributed by atoms with Gasteiger partial charge in [0.15, 0.2) is 0 Å². The van der Waals surface area contributed by atoms with E-state index in [9.17, 15) is 0 Å². The second-order valence-corrected chi connectivity index (χ2v) is 4.29. The van der Waals surface area contributed by atoms with Crippen molar-refractivity contribution in [3.63, 3.8) is 0 Å². The fourth-order valence-corrected chi connectivity index (χ4v) is 1.85. The van der Waals surface area contributed by atoms with Crippen molar-refractivity contribution >= 4 is 0 Å². The van der Waals surface area contributed by atoms with E-state index in [-0.39, 0.29) is 6.04 Å². The van der Waals surface area contributed by atoms with E-state index in [1.807, 2.05) is 24.3 Å². The lowest BCUT2D eigenvalue weighted by Gasteiger charge is -2.16. The summed E-state index contributed by atoms with van der Waals surface area (Å²) in [5.74, 6) is 1.46. The highest BCUT2D eigenvalue weighted by atomic mass is 16.5. The van der Waals surface area contributed by atoms with E-state index in [1.165, 1.54) is 0 Å². The van der Waals surface area contributed by atoms with Crippen LogP contribution in [0.2, 0.25) is 0 Å². The third kappa shape index (κ3) is 3.79. The minimum atomic E-state index is 0.101. The van der Waals surface area contributed by atoms with Gasteiger partial charge in [0, 0.05) is 12.5 Å². The van der Waals surface area contributed by atoms with Gasteiger partial charge in [-0.1, -0.05) is 6.92 Å². The number of furan rings is 1. The molecule has 0 aromatic carbocycles. The first-order valence-electron chi connectivity index (χ1n) is 6.47. The standard InChI is InChI=1S/C14H19N3O2/c1-3-8-15-13(10-11-5-4-9-19-11)12-6-7-14(18-2)17-16-12/h4-7,9,13,15H,3,8,10H2,1-2H3. The quantitative estimate of drug-likeness (QED) is 0.829. The number of nitrogens with one attached hydrogen (secondary N) is 1. The van der Waals surface area contributed by atoms with Gasteiger partial charge in [0.05, 0.1) is 25.1 Å². The molecule has 0 aliphatic heterocycles. The van der Waals surface area contributed by atoms with E-state index in [1.54, 1.807) is 13.4 Å². The van der Waals surface area contributed by atoms with Gasteiger partial charge in [-0.15, -0.1) is 5.10 Å². The van der Waals surface area contributed by atoms with Crippen LogP contribution in [0, 0.1) is 0 Å². The Balaban J connectivity index is 2.10. The summed E-state index contributed by atoms with van der Waals surface area (Å²) in [6, 6.07) is 7.72. The fourth-order valence-electron chi connectivity index (χ4n) is 1.85. The summed E-state index contributed by atoms with van der Waals surface area (Å²) in [5.41, 5.74) is 0.894. The molecule has 2 rings (SSSR count). The second-order valence-electron chi connectivity index (χ2n) is 4.29. The lowest BCUT2D eigenvalue weighted by Crippen LogP contribution is -2.25. The normalized spacial score (nSPS) is 12.3. The minimum absolute atomic E-state index is 0.101. The van der Waals surface area contributed by atoms with Crippen LogP contribution in [0.25, 0.3) is 0 Å². The van der Waals surface area contributed by atoms with Gasteiger partial charge < -0.3 is 14.5 Å². The first-order chi connectivity index (χ1) is 9.33. The van der Waals surface area contributed by atoms with Gasteiger partial charge in [-0.2, -0.15) is 5.10 Å². The van der Waals surface area contributed by atoms with E-state index < -0.39 is 0 Å². The molecule has 2 aromatic rings. The van der Waals surface area contributed by atoms with Crippen LogP contribution >= 0.6 is 0 Å². The van der Waals surface area contributed by atoms with E-state index >= 15 is 0 Å². The molecule has 0 radical (unpaired) electrons. The molecule has 0 amide bonds. The van der Waals surface area contributed by atoms with Crippen molar-refractivity contribution in [1.82, 2.24) is 15.5 Å². The molecule has 0 aliphatic rings. The van der Waals surface area contributed by atoms with Crippen LogP contribution in [-0.4, -0.2) is 23.9 Å². The van der Waals surface area contributed by atoms with Gasteiger partial charge in [-0.3, -0.25) is 0 Å². The number of aromatic nitrogens is 2. The Labute approximate surface area is 113 Å². The molecule has 0 spiro atoms. The van der Waals surface area contributed by atoms with Crippen molar-refractivity contribution < 1.29 is 9.15 Å². The average molecular weight is 261 g/mol. The summed E-state index contributed by atoms with van der Waals surface area (Å²) in [6.45, 7) is 3.07. The maximum Gasteiger partial charge on any atom is 0.233 e. The van der Waals surface area contributed by atoms with Crippen LogP contribution in [-0.2, 0) is 6.42 Å². The van der Waals surface area contributed by atoms with Gasteiger partial charge in [-0.05, 0) is 31.2 Å². The van der Waals surface area contributed by atoms with Gasteiger partial charge in [0.25, 0.3) is 0 Å². The molecule has 1 unspecified atom stereocenters. The number of rotatable bonds is 7. The molecule has 5 heteroatoms. The van der Waals surface area contributed by atoms with Crippen molar-refractivity contribution in [2.24, 2.45) is 0 Å². The van der Waals surface area contributed by atoms with Crippen LogP contribution in [0.4, 0.5) is 0 Å². The van der Waals surface area contributed by atoms with Crippen molar-refractivity contribution in [3.8, 4) is 5.88 Å². The predicted molar refractivity (Wildman–Crippen MR) is 72.0 cm³/mol. The second kappa shape index (κ2) is 6.89. The molecule has 5 nitrogen and oxygen atoms in total. The molecular formula is C14H19N3O2. The Kier molecular flexibility index (Phi) is 4.92. The van der Waals surface area contributed by atoms with Crippen LogP contribution in [0.1, 0.15) is 30.8 Å². The highest BCUT2D eigenvalue weighted by molar-refractivity contribution is 5.16. The van der Waals surface area contributed by atoms with E-state index in [2.05, 4.69) is 22.4 Å². The van der Waals surface area contributed by atoms with Crippen molar-refractivity contribution in [3.05, 3.63) is 42.0 Å². The minimum Gasteiger partial charge on any atom is -0.480 e. The molecule has 19 heavy (non-hydrogen) atoms. The third-order valence-electron chi connectivity index (χ3n) is 2.85. The molecule has 2 heterocycles. The van der Waals surface area contributed by atoms with Gasteiger partial charge >= 0.3 is 0 Å². The zero-order valence-corrected chi connectivity index (χ0v) is 11.3. The topological polar surface area (TPSA) is 60.2 Å². The number of ether oxygens (including phenoxy) is 1. The zero-order valence-electron chi connectivity index (χ0n) is 11.3. The highest BCUT2D eigenvalue weighted by Crippen LogP contribution is 2.18. The van der Waals surface area contributed by atoms with Crippen LogP contribution < -0.4 is 10.1 Å². The monoisotopic (exact) mass is 261 g/mol. The molecular weight excluding hydrogens is 242 g/mol. The van der Waals surface area contributed by atoms with Crippen LogP contribution in [0.3, 0.4) is 0 Å². The third-order valence-corrected chi connectivity index (χ3v) is 2.85. The first-order valence-corrected chi connectivity index (χ1v) is 6.47. The maximum atomic E-state index is 5.40. The summed E-state index contributed by atoms with van der Waals surface area (Å²) in [5, 5.41) is 11.7. The number of hydrogen-bond donors (Lipinski definition) is 1. The average Bonchev–Trinajstić information content (AvgIpc) is 2.96. The van der Waals surface area contributed by atoms with Crippen molar-refractivity contribution in [2.45, 2.75) is 25.8 Å². The maximum absolute atomic E-state index is 5.40. The van der Waals surface area contributed by atoms with E-state index in [4.69, 9.17) is 9.15 Å². The molecule has 102 valence electrons.